The molecule has 0 spiro atoms. The molecule has 4 nitrogen and oxygen atoms in total. The Balaban J connectivity index is 1.44. The fourth-order valence-electron chi connectivity index (χ4n) is 3.95. The highest BCUT2D eigenvalue weighted by Gasteiger charge is 2.25. The van der Waals surface area contributed by atoms with Crippen LogP contribution in [0.3, 0.4) is 0 Å². The molecule has 0 aromatic heterocycles. The van der Waals surface area contributed by atoms with Gasteiger partial charge >= 0.3 is 0 Å². The van der Waals surface area contributed by atoms with E-state index in [1.54, 1.807) is 0 Å². The number of nitrogens with one attached hydrogen (secondary N) is 1. The summed E-state index contributed by atoms with van der Waals surface area (Å²) in [7, 11) is 0. The van der Waals surface area contributed by atoms with Crippen LogP contribution in [0.4, 0.5) is 11.4 Å². The van der Waals surface area contributed by atoms with Gasteiger partial charge in [0, 0.05) is 17.0 Å². The third-order valence-corrected chi connectivity index (χ3v) is 6.97. The monoisotopic (exact) mass is 441 g/mol. The first kappa shape index (κ1) is 20.8. The van der Waals surface area contributed by atoms with Crippen molar-refractivity contribution in [1.82, 2.24) is 0 Å². The number of para-hydroxylation sites is 2. The largest absolute Gasteiger partial charge is 0.475 e. The summed E-state index contributed by atoms with van der Waals surface area (Å²) >= 11 is 1.85. The smallest absolute Gasteiger partial charge is 0.219 e. The lowest BCUT2D eigenvalue weighted by molar-refractivity contribution is 0.320. The normalized spacial score (nSPS) is 20.1. The maximum atomic E-state index is 6.04. The summed E-state index contributed by atoms with van der Waals surface area (Å²) in [6.45, 7) is 5.04. The van der Waals surface area contributed by atoms with Gasteiger partial charge in [-0.15, -0.1) is 11.8 Å². The van der Waals surface area contributed by atoms with Crippen molar-refractivity contribution in [1.29, 1.82) is 0 Å². The summed E-state index contributed by atoms with van der Waals surface area (Å²) in [6, 6.07) is 27.3. The SMILES string of the molecule is CC(C)[C@H]1CSC(c2ccccc2Nc2ccccc2C2=N[C@@H](c3ccccc3)CO2)=N1. The molecule has 0 aliphatic carbocycles. The standard InChI is InChI=1S/C27H27N3OS/c1-18(2)25-17-32-27(30-25)21-13-7-9-15-23(21)28-22-14-8-6-12-20(22)26-29-24(16-31-26)19-10-4-3-5-11-19/h3-15,18,24-25,28H,16-17H2,1-2H3/t24-,25-/m1/s1. The molecule has 0 fully saturated rings. The van der Waals surface area contributed by atoms with Crippen LogP contribution >= 0.6 is 11.8 Å². The molecule has 32 heavy (non-hydrogen) atoms. The zero-order chi connectivity index (χ0) is 21.9. The molecule has 0 unspecified atom stereocenters. The Morgan fingerprint density at radius 3 is 2.22 bits per heavy atom. The quantitative estimate of drug-likeness (QED) is 0.477. The highest BCUT2D eigenvalue weighted by atomic mass is 32.2. The number of nitrogens with zero attached hydrogens (tertiary/aromatic N) is 2. The summed E-state index contributed by atoms with van der Waals surface area (Å²) in [5.74, 6) is 2.28. The fourth-order valence-corrected chi connectivity index (χ4v) is 5.28. The van der Waals surface area contributed by atoms with Crippen molar-refractivity contribution in [3.8, 4) is 0 Å². The molecule has 2 atom stereocenters. The molecular formula is C27H27N3OS. The van der Waals surface area contributed by atoms with E-state index < -0.39 is 0 Å². The van der Waals surface area contributed by atoms with E-state index in [1.807, 2.05) is 42.1 Å². The van der Waals surface area contributed by atoms with Crippen LogP contribution < -0.4 is 5.32 Å². The minimum Gasteiger partial charge on any atom is -0.475 e. The van der Waals surface area contributed by atoms with Crippen LogP contribution in [0.15, 0.2) is 88.8 Å². The Morgan fingerprint density at radius 2 is 1.50 bits per heavy atom. The summed E-state index contributed by atoms with van der Waals surface area (Å²) < 4.78 is 6.04. The minimum atomic E-state index is 0.0313. The van der Waals surface area contributed by atoms with Gasteiger partial charge < -0.3 is 10.1 Å². The van der Waals surface area contributed by atoms with Gasteiger partial charge in [0.1, 0.15) is 17.7 Å². The van der Waals surface area contributed by atoms with Gasteiger partial charge in [0.05, 0.1) is 17.3 Å². The van der Waals surface area contributed by atoms with Crippen LogP contribution in [0.25, 0.3) is 0 Å². The molecule has 2 heterocycles. The number of benzene rings is 3. The first-order chi connectivity index (χ1) is 15.7. The molecular weight excluding hydrogens is 414 g/mol. The zero-order valence-electron chi connectivity index (χ0n) is 18.4. The van der Waals surface area contributed by atoms with Gasteiger partial charge in [0.25, 0.3) is 0 Å². The number of rotatable bonds is 6. The van der Waals surface area contributed by atoms with Crippen molar-refractivity contribution in [2.45, 2.75) is 25.9 Å². The van der Waals surface area contributed by atoms with E-state index in [0.717, 1.165) is 33.3 Å². The number of thioether (sulfide) groups is 1. The van der Waals surface area contributed by atoms with E-state index >= 15 is 0 Å². The van der Waals surface area contributed by atoms with E-state index in [9.17, 15) is 0 Å². The van der Waals surface area contributed by atoms with Crippen molar-refractivity contribution in [3.05, 3.63) is 95.6 Å². The second kappa shape index (κ2) is 9.21. The van der Waals surface area contributed by atoms with Gasteiger partial charge in [-0.25, -0.2) is 4.99 Å². The van der Waals surface area contributed by atoms with Crippen LogP contribution in [-0.4, -0.2) is 29.3 Å². The van der Waals surface area contributed by atoms with E-state index in [-0.39, 0.29) is 6.04 Å². The van der Waals surface area contributed by atoms with Crippen LogP contribution in [0.5, 0.6) is 0 Å². The molecule has 162 valence electrons. The number of hydrogen-bond donors (Lipinski definition) is 1. The highest BCUT2D eigenvalue weighted by molar-refractivity contribution is 8.14. The molecule has 2 aliphatic rings. The zero-order valence-corrected chi connectivity index (χ0v) is 19.2. The van der Waals surface area contributed by atoms with Gasteiger partial charge in [-0.3, -0.25) is 4.99 Å². The van der Waals surface area contributed by atoms with E-state index in [4.69, 9.17) is 14.7 Å². The van der Waals surface area contributed by atoms with E-state index in [0.29, 0.717) is 24.5 Å². The summed E-state index contributed by atoms with van der Waals surface area (Å²) in [5.41, 5.74) is 5.33. The lowest BCUT2D eigenvalue weighted by atomic mass is 10.1. The molecule has 5 rings (SSSR count). The lowest BCUT2D eigenvalue weighted by Gasteiger charge is -2.15. The minimum absolute atomic E-state index is 0.0313. The van der Waals surface area contributed by atoms with Gasteiger partial charge in [-0.2, -0.15) is 0 Å². The average molecular weight is 442 g/mol. The van der Waals surface area contributed by atoms with Crippen LogP contribution in [0.1, 0.15) is 36.6 Å². The van der Waals surface area contributed by atoms with Crippen molar-refractivity contribution in [2.75, 3.05) is 17.7 Å². The molecule has 2 aliphatic heterocycles. The van der Waals surface area contributed by atoms with Gasteiger partial charge in [0.2, 0.25) is 5.90 Å². The van der Waals surface area contributed by atoms with Crippen LogP contribution in [-0.2, 0) is 4.74 Å². The van der Waals surface area contributed by atoms with Crippen molar-refractivity contribution >= 4 is 34.1 Å². The Kier molecular flexibility index (Phi) is 5.99. The molecule has 0 saturated heterocycles. The second-order valence-electron chi connectivity index (χ2n) is 8.44. The van der Waals surface area contributed by atoms with Gasteiger partial charge in [-0.1, -0.05) is 74.5 Å². The Morgan fingerprint density at radius 1 is 0.844 bits per heavy atom. The summed E-state index contributed by atoms with van der Waals surface area (Å²) in [4.78, 5) is 9.88. The van der Waals surface area contributed by atoms with Crippen LogP contribution in [0.2, 0.25) is 0 Å². The van der Waals surface area contributed by atoms with Crippen molar-refractivity contribution < 1.29 is 4.74 Å². The Labute approximate surface area is 193 Å². The van der Waals surface area contributed by atoms with Crippen molar-refractivity contribution in [2.24, 2.45) is 15.9 Å². The Hall–Kier alpha value is -3.05. The van der Waals surface area contributed by atoms with Crippen molar-refractivity contribution in [3.63, 3.8) is 0 Å². The molecule has 5 heteroatoms. The predicted octanol–water partition coefficient (Wildman–Crippen LogP) is 6.47. The molecule has 3 aromatic rings. The Bertz CT molecular complexity index is 1160. The molecule has 0 bridgehead atoms. The second-order valence-corrected chi connectivity index (χ2v) is 9.45. The topological polar surface area (TPSA) is 46.0 Å². The third kappa shape index (κ3) is 4.30. The highest BCUT2D eigenvalue weighted by Crippen LogP contribution is 2.33. The molecule has 0 amide bonds. The molecule has 1 N–H and O–H groups in total. The first-order valence-corrected chi connectivity index (χ1v) is 12.1. The van der Waals surface area contributed by atoms with Gasteiger partial charge in [0.15, 0.2) is 0 Å². The maximum absolute atomic E-state index is 6.04. The van der Waals surface area contributed by atoms with Crippen LogP contribution in [0, 0.1) is 5.92 Å². The average Bonchev–Trinajstić information content (AvgIpc) is 3.51. The molecule has 3 aromatic carbocycles. The number of hydrogen-bond acceptors (Lipinski definition) is 5. The van der Waals surface area contributed by atoms with E-state index in [2.05, 4.69) is 67.7 Å². The summed E-state index contributed by atoms with van der Waals surface area (Å²) in [5, 5.41) is 4.75. The van der Waals surface area contributed by atoms with Gasteiger partial charge in [-0.05, 0) is 29.7 Å². The predicted molar refractivity (Wildman–Crippen MR) is 135 cm³/mol. The third-order valence-electron chi connectivity index (χ3n) is 5.86. The molecule has 0 saturated carbocycles. The first-order valence-electron chi connectivity index (χ1n) is 11.1. The summed E-state index contributed by atoms with van der Waals surface area (Å²) in [6.07, 6.45) is 0. The number of ether oxygens (including phenoxy) is 1. The van der Waals surface area contributed by atoms with E-state index in [1.165, 1.54) is 5.56 Å². The fraction of sp³-hybridized carbons (Fsp3) is 0.259. The number of aliphatic imine (C=N–C) groups is 2. The lowest BCUT2D eigenvalue weighted by Crippen LogP contribution is -2.11. The number of anilines is 2. The molecule has 0 radical (unpaired) electrons. The maximum Gasteiger partial charge on any atom is 0.219 e.